The summed E-state index contributed by atoms with van der Waals surface area (Å²) in [6.45, 7) is 0.383. The van der Waals surface area contributed by atoms with E-state index in [-0.39, 0.29) is 11.8 Å². The van der Waals surface area contributed by atoms with Crippen LogP contribution in [0.25, 0.3) is 11.1 Å². The zero-order valence-electron chi connectivity index (χ0n) is 13.6. The summed E-state index contributed by atoms with van der Waals surface area (Å²) in [6.07, 6.45) is 0. The molecule has 0 saturated heterocycles. The molecule has 4 nitrogen and oxygen atoms in total. The number of amidine groups is 1. The van der Waals surface area contributed by atoms with Gasteiger partial charge in [-0.2, -0.15) is 0 Å². The lowest BCUT2D eigenvalue weighted by Gasteiger charge is -2.25. The van der Waals surface area contributed by atoms with Gasteiger partial charge in [-0.25, -0.2) is 4.99 Å². The molecule has 0 radical (unpaired) electrons. The molecule has 25 heavy (non-hydrogen) atoms. The van der Waals surface area contributed by atoms with Crippen LogP contribution in [0.15, 0.2) is 83.9 Å². The van der Waals surface area contributed by atoms with Crippen LogP contribution in [0.3, 0.4) is 0 Å². The third kappa shape index (κ3) is 2.72. The van der Waals surface area contributed by atoms with Crippen molar-refractivity contribution in [2.24, 2.45) is 10.7 Å². The first-order valence-corrected chi connectivity index (χ1v) is 8.11. The molecule has 1 atom stereocenters. The van der Waals surface area contributed by atoms with Gasteiger partial charge < -0.3 is 15.6 Å². The highest BCUT2D eigenvalue weighted by atomic mass is 16.5. The Bertz CT molecular complexity index is 920. The predicted octanol–water partition coefficient (Wildman–Crippen LogP) is 3.65. The summed E-state index contributed by atoms with van der Waals surface area (Å²) in [5.41, 5.74) is 9.25. The number of nitrogens with zero attached hydrogens (tertiary/aromatic N) is 1. The smallest absolute Gasteiger partial charge is 0.283 e. The minimum atomic E-state index is -0.622. The van der Waals surface area contributed by atoms with Crippen LogP contribution in [0.1, 0.15) is 11.1 Å². The third-order valence-corrected chi connectivity index (χ3v) is 4.52. The lowest BCUT2D eigenvalue weighted by molar-refractivity contribution is 0.278. The number of rotatable bonds is 3. The normalized spacial score (nSPS) is 19.3. The summed E-state index contributed by atoms with van der Waals surface area (Å²) in [7, 11) is 0. The van der Waals surface area contributed by atoms with Crippen LogP contribution in [-0.4, -0.2) is 17.7 Å². The number of hydrogen-bond acceptors (Lipinski definition) is 4. The quantitative estimate of drug-likeness (QED) is 0.770. The van der Waals surface area contributed by atoms with Gasteiger partial charge in [0.15, 0.2) is 5.54 Å². The molecule has 0 aliphatic carbocycles. The average molecular weight is 330 g/mol. The Kier molecular flexibility index (Phi) is 3.65. The van der Waals surface area contributed by atoms with Gasteiger partial charge >= 0.3 is 0 Å². The maximum Gasteiger partial charge on any atom is 0.283 e. The second kappa shape index (κ2) is 5.98. The number of hydrogen-bond donors (Lipinski definition) is 2. The summed E-state index contributed by atoms with van der Waals surface area (Å²) in [4.78, 5) is 4.61. The van der Waals surface area contributed by atoms with Crippen molar-refractivity contribution in [3.8, 4) is 16.9 Å². The number of aliphatic imine (C=N–C) groups is 1. The van der Waals surface area contributed by atoms with E-state index in [1.807, 2.05) is 66.7 Å². The van der Waals surface area contributed by atoms with Crippen LogP contribution >= 0.6 is 0 Å². The molecule has 1 aliphatic rings. The van der Waals surface area contributed by atoms with Crippen molar-refractivity contribution in [3.05, 3.63) is 90.0 Å². The van der Waals surface area contributed by atoms with Crippen LogP contribution in [0.4, 0.5) is 0 Å². The molecular formula is C21H18N2O2. The zero-order chi connectivity index (χ0) is 17.3. The molecule has 3 aromatic carbocycles. The fraction of sp³-hybridized carbons (Fsp3) is 0.0952. The molecule has 1 heterocycles. The Hall–Kier alpha value is -3.27. The molecule has 124 valence electrons. The van der Waals surface area contributed by atoms with E-state index in [4.69, 9.17) is 10.5 Å². The van der Waals surface area contributed by atoms with E-state index in [0.717, 1.165) is 22.3 Å². The largest absolute Gasteiger partial charge is 0.508 e. The van der Waals surface area contributed by atoms with E-state index < -0.39 is 5.54 Å². The zero-order valence-corrected chi connectivity index (χ0v) is 13.6. The lowest BCUT2D eigenvalue weighted by Crippen LogP contribution is -2.27. The highest BCUT2D eigenvalue weighted by Crippen LogP contribution is 2.38. The van der Waals surface area contributed by atoms with Crippen molar-refractivity contribution in [2.75, 3.05) is 6.61 Å². The van der Waals surface area contributed by atoms with Crippen molar-refractivity contribution in [1.29, 1.82) is 0 Å². The van der Waals surface area contributed by atoms with Gasteiger partial charge in [-0.1, -0.05) is 66.7 Å². The van der Waals surface area contributed by atoms with Crippen molar-refractivity contribution >= 4 is 6.02 Å². The van der Waals surface area contributed by atoms with Gasteiger partial charge in [-0.15, -0.1) is 0 Å². The molecule has 4 rings (SSSR count). The van der Waals surface area contributed by atoms with Gasteiger partial charge in [0.25, 0.3) is 6.02 Å². The molecule has 0 fully saturated rings. The monoisotopic (exact) mass is 330 g/mol. The second-order valence-electron chi connectivity index (χ2n) is 6.09. The number of phenolic OH excluding ortho intramolecular Hbond substituents is 1. The number of aromatic hydroxyl groups is 1. The van der Waals surface area contributed by atoms with Gasteiger partial charge in [0, 0.05) is 0 Å². The first kappa shape index (κ1) is 15.3. The van der Waals surface area contributed by atoms with E-state index in [9.17, 15) is 5.11 Å². The Morgan fingerprint density at radius 1 is 0.840 bits per heavy atom. The highest BCUT2D eigenvalue weighted by molar-refractivity contribution is 5.75. The molecule has 3 aromatic rings. The fourth-order valence-corrected chi connectivity index (χ4v) is 3.23. The van der Waals surface area contributed by atoms with Gasteiger partial charge in [0.1, 0.15) is 12.4 Å². The van der Waals surface area contributed by atoms with E-state index in [1.165, 1.54) is 0 Å². The first-order chi connectivity index (χ1) is 12.2. The Morgan fingerprint density at radius 2 is 1.56 bits per heavy atom. The van der Waals surface area contributed by atoms with Crippen molar-refractivity contribution in [3.63, 3.8) is 0 Å². The molecule has 0 aromatic heterocycles. The minimum Gasteiger partial charge on any atom is -0.508 e. The number of ether oxygens (including phenoxy) is 1. The molecule has 3 N–H and O–H groups in total. The second-order valence-corrected chi connectivity index (χ2v) is 6.09. The van der Waals surface area contributed by atoms with E-state index in [2.05, 4.69) is 4.99 Å². The van der Waals surface area contributed by atoms with Crippen LogP contribution in [0.2, 0.25) is 0 Å². The Labute approximate surface area is 146 Å². The summed E-state index contributed by atoms with van der Waals surface area (Å²) >= 11 is 0. The van der Waals surface area contributed by atoms with Crippen LogP contribution < -0.4 is 5.73 Å². The van der Waals surface area contributed by atoms with Crippen molar-refractivity contribution < 1.29 is 9.84 Å². The summed E-state index contributed by atoms with van der Waals surface area (Å²) in [6, 6.07) is 25.6. The SMILES string of the molecule is NC1=NC(c2ccccc2)(c2ccc(-c3cccc(O)c3)cc2)CO1. The van der Waals surface area contributed by atoms with Gasteiger partial charge in [0.2, 0.25) is 0 Å². The lowest BCUT2D eigenvalue weighted by atomic mass is 9.84. The van der Waals surface area contributed by atoms with Crippen LogP contribution in [0, 0.1) is 0 Å². The van der Waals surface area contributed by atoms with E-state index in [1.54, 1.807) is 12.1 Å². The summed E-state index contributed by atoms with van der Waals surface area (Å²) in [5, 5.41) is 9.67. The van der Waals surface area contributed by atoms with Crippen LogP contribution in [-0.2, 0) is 10.3 Å². The highest BCUT2D eigenvalue weighted by Gasteiger charge is 2.39. The van der Waals surface area contributed by atoms with E-state index in [0.29, 0.717) is 6.61 Å². The molecule has 0 saturated carbocycles. The molecule has 4 heteroatoms. The van der Waals surface area contributed by atoms with E-state index >= 15 is 0 Å². The maximum absolute atomic E-state index is 9.67. The number of nitrogens with two attached hydrogens (primary N) is 1. The Balaban J connectivity index is 1.77. The molecule has 1 aliphatic heterocycles. The topological polar surface area (TPSA) is 67.8 Å². The number of benzene rings is 3. The average Bonchev–Trinajstić information content (AvgIpc) is 3.06. The van der Waals surface area contributed by atoms with Crippen molar-refractivity contribution in [2.45, 2.75) is 5.54 Å². The predicted molar refractivity (Wildman–Crippen MR) is 98.3 cm³/mol. The molecule has 0 bridgehead atoms. The summed E-state index contributed by atoms with van der Waals surface area (Å²) in [5.74, 6) is 0.254. The summed E-state index contributed by atoms with van der Waals surface area (Å²) < 4.78 is 5.50. The number of phenols is 1. The van der Waals surface area contributed by atoms with Gasteiger partial charge in [-0.3, -0.25) is 0 Å². The Morgan fingerprint density at radius 3 is 2.20 bits per heavy atom. The van der Waals surface area contributed by atoms with Gasteiger partial charge in [-0.05, 0) is 34.4 Å². The molecule has 0 spiro atoms. The third-order valence-electron chi connectivity index (χ3n) is 4.52. The standard InChI is InChI=1S/C21H18N2O2/c22-20-23-21(14-25-20,17-6-2-1-3-7-17)18-11-9-15(10-12-18)16-5-4-8-19(24)13-16/h1-13,24H,14H2,(H2,22,23). The maximum atomic E-state index is 9.67. The first-order valence-electron chi connectivity index (χ1n) is 8.11. The fourth-order valence-electron chi connectivity index (χ4n) is 3.23. The molecule has 1 unspecified atom stereocenters. The van der Waals surface area contributed by atoms with Crippen molar-refractivity contribution in [1.82, 2.24) is 0 Å². The van der Waals surface area contributed by atoms with Crippen LogP contribution in [0.5, 0.6) is 5.75 Å². The molecular weight excluding hydrogens is 312 g/mol. The minimum absolute atomic E-state index is 0.209. The van der Waals surface area contributed by atoms with Gasteiger partial charge in [0.05, 0.1) is 0 Å². The molecule has 0 amide bonds.